The van der Waals surface area contributed by atoms with Crippen LogP contribution in [0.25, 0.3) is 0 Å². The van der Waals surface area contributed by atoms with Gasteiger partial charge in [-0.2, -0.15) is 0 Å². The monoisotopic (exact) mass is 278 g/mol. The molecule has 0 fully saturated rings. The lowest BCUT2D eigenvalue weighted by molar-refractivity contribution is -0.122. The maximum absolute atomic E-state index is 12.2. The quantitative estimate of drug-likeness (QED) is 0.831. The summed E-state index contributed by atoms with van der Waals surface area (Å²) >= 11 is 0. The molecule has 0 saturated carbocycles. The number of para-hydroxylation sites is 1. The van der Waals surface area contributed by atoms with Crippen LogP contribution < -0.4 is 10.6 Å². The van der Waals surface area contributed by atoms with Gasteiger partial charge in [0.05, 0.1) is 17.7 Å². The first kappa shape index (κ1) is 12.2. The van der Waals surface area contributed by atoms with E-state index in [9.17, 15) is 13.2 Å². The highest BCUT2D eigenvalue weighted by molar-refractivity contribution is 7.94. The molecule has 2 aliphatic rings. The van der Waals surface area contributed by atoms with E-state index in [4.69, 9.17) is 0 Å². The van der Waals surface area contributed by atoms with Gasteiger partial charge in [-0.25, -0.2) is 8.42 Å². The summed E-state index contributed by atoms with van der Waals surface area (Å²) in [5.41, 5.74) is 1.93. The Morgan fingerprint density at radius 3 is 2.84 bits per heavy atom. The molecule has 5 nitrogen and oxygen atoms in total. The first-order valence-electron chi connectivity index (χ1n) is 6.09. The van der Waals surface area contributed by atoms with E-state index < -0.39 is 15.9 Å². The number of hydrogen-bond acceptors (Lipinski definition) is 4. The van der Waals surface area contributed by atoms with Crippen molar-refractivity contribution in [3.63, 3.8) is 0 Å². The molecule has 2 heterocycles. The van der Waals surface area contributed by atoms with E-state index in [0.717, 1.165) is 11.3 Å². The first-order valence-corrected chi connectivity index (χ1v) is 7.81. The molecule has 3 rings (SSSR count). The summed E-state index contributed by atoms with van der Waals surface area (Å²) < 4.78 is 22.6. The molecule has 1 aromatic carbocycles. The summed E-state index contributed by atoms with van der Waals surface area (Å²) in [4.78, 5) is 12.2. The standard InChI is InChI=1S/C13H14N2O3S/c16-13(15-9-5-6-19(17,18)8-9)11-7-14-12-4-2-1-3-10(11)12/h1-6,9,11,14H,7-8H2,(H,15,16). The summed E-state index contributed by atoms with van der Waals surface area (Å²) in [7, 11) is -3.14. The summed E-state index contributed by atoms with van der Waals surface area (Å²) in [6.45, 7) is 0.550. The molecule has 2 atom stereocenters. The molecule has 2 unspecified atom stereocenters. The lowest BCUT2D eigenvalue weighted by Gasteiger charge is -2.14. The van der Waals surface area contributed by atoms with Crippen LogP contribution in [0.2, 0.25) is 0 Å². The molecule has 0 aromatic heterocycles. The van der Waals surface area contributed by atoms with Crippen LogP contribution in [0.15, 0.2) is 35.7 Å². The maximum Gasteiger partial charge on any atom is 0.229 e. The Bertz CT molecular complexity index is 652. The van der Waals surface area contributed by atoms with Crippen LogP contribution in [0.5, 0.6) is 0 Å². The minimum absolute atomic E-state index is 0.0411. The van der Waals surface area contributed by atoms with Crippen molar-refractivity contribution < 1.29 is 13.2 Å². The molecule has 0 spiro atoms. The van der Waals surface area contributed by atoms with Crippen LogP contribution in [0.4, 0.5) is 5.69 Å². The van der Waals surface area contributed by atoms with Gasteiger partial charge in [0, 0.05) is 17.6 Å². The van der Waals surface area contributed by atoms with Crippen molar-refractivity contribution in [3.05, 3.63) is 41.3 Å². The number of rotatable bonds is 2. The van der Waals surface area contributed by atoms with E-state index in [1.54, 1.807) is 0 Å². The summed E-state index contributed by atoms with van der Waals surface area (Å²) in [6.07, 6.45) is 1.53. The van der Waals surface area contributed by atoms with E-state index in [-0.39, 0.29) is 17.6 Å². The predicted molar refractivity (Wildman–Crippen MR) is 72.5 cm³/mol. The number of fused-ring (bicyclic) bond motifs is 1. The molecule has 6 heteroatoms. The van der Waals surface area contributed by atoms with Gasteiger partial charge in [0.2, 0.25) is 5.91 Å². The Morgan fingerprint density at radius 1 is 1.32 bits per heavy atom. The highest BCUT2D eigenvalue weighted by atomic mass is 32.2. The maximum atomic E-state index is 12.2. The van der Waals surface area contributed by atoms with Crippen LogP contribution in [0, 0.1) is 0 Å². The zero-order valence-electron chi connectivity index (χ0n) is 10.2. The Balaban J connectivity index is 1.72. The largest absolute Gasteiger partial charge is 0.384 e. The third-order valence-electron chi connectivity index (χ3n) is 3.41. The zero-order valence-corrected chi connectivity index (χ0v) is 11.0. The van der Waals surface area contributed by atoms with Gasteiger partial charge in [0.25, 0.3) is 0 Å². The van der Waals surface area contributed by atoms with Gasteiger partial charge in [0.15, 0.2) is 9.84 Å². The number of carbonyl (C=O) groups excluding carboxylic acids is 1. The second kappa shape index (κ2) is 4.38. The third-order valence-corrected chi connectivity index (χ3v) is 4.80. The van der Waals surface area contributed by atoms with Crippen LogP contribution in [0.1, 0.15) is 11.5 Å². The second-order valence-corrected chi connectivity index (χ2v) is 6.73. The summed E-state index contributed by atoms with van der Waals surface area (Å²) in [5.74, 6) is -0.433. The average Bonchev–Trinajstić information content (AvgIpc) is 2.92. The smallest absolute Gasteiger partial charge is 0.229 e. The molecule has 2 N–H and O–H groups in total. The fourth-order valence-corrected chi connectivity index (χ4v) is 3.70. The molecule has 19 heavy (non-hydrogen) atoms. The van der Waals surface area contributed by atoms with Crippen molar-refractivity contribution in [2.75, 3.05) is 17.6 Å². The number of benzene rings is 1. The topological polar surface area (TPSA) is 75.3 Å². The Labute approximate surface area is 111 Å². The fourth-order valence-electron chi connectivity index (χ4n) is 2.47. The molecule has 0 radical (unpaired) electrons. The number of amides is 1. The van der Waals surface area contributed by atoms with Gasteiger partial charge >= 0.3 is 0 Å². The number of nitrogens with one attached hydrogen (secondary N) is 2. The second-order valence-electron chi connectivity index (χ2n) is 4.79. The van der Waals surface area contributed by atoms with E-state index >= 15 is 0 Å². The van der Waals surface area contributed by atoms with Crippen LogP contribution in [0.3, 0.4) is 0 Å². The van der Waals surface area contributed by atoms with E-state index in [1.165, 1.54) is 11.5 Å². The minimum Gasteiger partial charge on any atom is -0.384 e. The average molecular weight is 278 g/mol. The van der Waals surface area contributed by atoms with Crippen molar-refractivity contribution in [2.45, 2.75) is 12.0 Å². The molecule has 1 amide bonds. The van der Waals surface area contributed by atoms with Crippen LogP contribution >= 0.6 is 0 Å². The van der Waals surface area contributed by atoms with Crippen molar-refractivity contribution in [1.82, 2.24) is 5.32 Å². The minimum atomic E-state index is -3.14. The number of anilines is 1. The molecular weight excluding hydrogens is 264 g/mol. The van der Waals surface area contributed by atoms with E-state index in [0.29, 0.717) is 6.54 Å². The van der Waals surface area contributed by atoms with Gasteiger partial charge in [-0.05, 0) is 17.7 Å². The van der Waals surface area contributed by atoms with Gasteiger partial charge < -0.3 is 10.6 Å². The molecule has 0 aliphatic carbocycles. The number of hydrogen-bond donors (Lipinski definition) is 2. The van der Waals surface area contributed by atoms with Gasteiger partial charge in [-0.15, -0.1) is 0 Å². The van der Waals surface area contributed by atoms with Gasteiger partial charge in [-0.3, -0.25) is 4.79 Å². The van der Waals surface area contributed by atoms with Crippen molar-refractivity contribution >= 4 is 21.4 Å². The highest BCUT2D eigenvalue weighted by Crippen LogP contribution is 2.31. The van der Waals surface area contributed by atoms with Crippen LogP contribution in [-0.2, 0) is 14.6 Å². The summed E-state index contributed by atoms with van der Waals surface area (Å²) in [5, 5.41) is 7.11. The van der Waals surface area contributed by atoms with Crippen molar-refractivity contribution in [2.24, 2.45) is 0 Å². The Hall–Kier alpha value is -1.82. The molecule has 0 bridgehead atoms. The normalized spacial score (nSPS) is 26.7. The fraction of sp³-hybridized carbons (Fsp3) is 0.308. The zero-order chi connectivity index (χ0) is 13.5. The van der Waals surface area contributed by atoms with Gasteiger partial charge in [0.1, 0.15) is 0 Å². The Morgan fingerprint density at radius 2 is 2.11 bits per heavy atom. The van der Waals surface area contributed by atoms with Crippen molar-refractivity contribution in [1.29, 1.82) is 0 Å². The predicted octanol–water partition coefficient (Wildman–Crippen LogP) is 0.623. The third kappa shape index (κ3) is 2.35. The summed E-state index contributed by atoms with van der Waals surface area (Å²) in [6, 6.07) is 7.25. The molecular formula is C13H14N2O3S. The molecule has 100 valence electrons. The number of sulfone groups is 1. The van der Waals surface area contributed by atoms with Gasteiger partial charge in [-0.1, -0.05) is 18.2 Å². The lowest BCUT2D eigenvalue weighted by atomic mass is 10.0. The SMILES string of the molecule is O=C(NC1C=CS(=O)(=O)C1)C1CNc2ccccc21. The molecule has 2 aliphatic heterocycles. The van der Waals surface area contributed by atoms with E-state index in [1.807, 2.05) is 24.3 Å². The first-order chi connectivity index (χ1) is 9.05. The van der Waals surface area contributed by atoms with Crippen LogP contribution in [-0.4, -0.2) is 32.7 Å². The van der Waals surface area contributed by atoms with E-state index in [2.05, 4.69) is 10.6 Å². The van der Waals surface area contributed by atoms with Crippen molar-refractivity contribution in [3.8, 4) is 0 Å². The Kier molecular flexibility index (Phi) is 2.82. The highest BCUT2D eigenvalue weighted by Gasteiger charge is 2.31. The lowest BCUT2D eigenvalue weighted by Crippen LogP contribution is -2.39. The number of carbonyl (C=O) groups is 1. The molecule has 0 saturated heterocycles. The molecule has 1 aromatic rings.